The van der Waals surface area contributed by atoms with E-state index in [0.717, 1.165) is 58.2 Å². The maximum absolute atomic E-state index is 11.7. The third-order valence-electron chi connectivity index (χ3n) is 4.99. The van der Waals surface area contributed by atoms with E-state index in [9.17, 15) is 13.5 Å². The van der Waals surface area contributed by atoms with E-state index in [4.69, 9.17) is 0 Å². The summed E-state index contributed by atoms with van der Waals surface area (Å²) in [5.41, 5.74) is 0. The first-order valence-electron chi connectivity index (χ1n) is 8.29. The van der Waals surface area contributed by atoms with Crippen molar-refractivity contribution in [2.24, 2.45) is 0 Å². The minimum atomic E-state index is -2.92. The molecule has 2 N–H and O–H groups in total. The second kappa shape index (κ2) is 7.90. The Bertz CT molecular complexity index is 413. The van der Waals surface area contributed by atoms with E-state index in [0.29, 0.717) is 6.04 Å². The molecule has 2 rings (SSSR count). The van der Waals surface area contributed by atoms with Crippen LogP contribution in [-0.4, -0.2) is 68.3 Å². The number of hydrogen-bond acceptors (Lipinski definition) is 5. The summed E-state index contributed by atoms with van der Waals surface area (Å²) >= 11 is 0. The summed E-state index contributed by atoms with van der Waals surface area (Å²) < 4.78 is 23.4. The minimum absolute atomic E-state index is 0.150. The zero-order valence-electron chi connectivity index (χ0n) is 13.1. The predicted octanol–water partition coefficient (Wildman–Crippen LogP) is 0.779. The van der Waals surface area contributed by atoms with E-state index in [1.54, 1.807) is 0 Å². The zero-order chi connectivity index (χ0) is 15.3. The highest BCUT2D eigenvalue weighted by atomic mass is 32.2. The van der Waals surface area contributed by atoms with Crippen LogP contribution in [0.5, 0.6) is 0 Å². The Balaban J connectivity index is 1.61. The molecule has 0 spiro atoms. The third kappa shape index (κ3) is 4.91. The van der Waals surface area contributed by atoms with Crippen LogP contribution in [0.15, 0.2) is 0 Å². The van der Waals surface area contributed by atoms with Gasteiger partial charge in [-0.3, -0.25) is 4.90 Å². The van der Waals surface area contributed by atoms with Gasteiger partial charge >= 0.3 is 0 Å². The molecule has 0 amide bonds. The molecule has 6 heteroatoms. The average molecular weight is 318 g/mol. The molecule has 2 aliphatic rings. The van der Waals surface area contributed by atoms with Gasteiger partial charge < -0.3 is 10.4 Å². The van der Waals surface area contributed by atoms with Gasteiger partial charge in [0.1, 0.15) is 0 Å². The second-order valence-corrected chi connectivity index (χ2v) is 8.85. The van der Waals surface area contributed by atoms with Crippen molar-refractivity contribution in [3.63, 3.8) is 0 Å². The summed E-state index contributed by atoms with van der Waals surface area (Å²) in [4.78, 5) is 2.38. The van der Waals surface area contributed by atoms with Crippen LogP contribution in [0.1, 0.15) is 44.9 Å². The van der Waals surface area contributed by atoms with Gasteiger partial charge in [0.2, 0.25) is 0 Å². The molecule has 2 fully saturated rings. The van der Waals surface area contributed by atoms with Crippen LogP contribution in [0.2, 0.25) is 0 Å². The van der Waals surface area contributed by atoms with E-state index in [1.165, 1.54) is 12.7 Å². The molecule has 3 unspecified atom stereocenters. The lowest BCUT2D eigenvalue weighted by atomic mass is 10.2. The molecule has 0 bridgehead atoms. The number of aliphatic hydroxyl groups excluding tert-OH is 1. The first-order valence-corrected chi connectivity index (χ1v) is 10.2. The van der Waals surface area contributed by atoms with Crippen molar-refractivity contribution >= 4 is 9.84 Å². The fraction of sp³-hybridized carbons (Fsp3) is 1.00. The van der Waals surface area contributed by atoms with Crippen LogP contribution in [0.25, 0.3) is 0 Å². The summed E-state index contributed by atoms with van der Waals surface area (Å²) in [5, 5.41) is 12.5. The Morgan fingerprint density at radius 2 is 2.00 bits per heavy atom. The average Bonchev–Trinajstić information content (AvgIpc) is 3.05. The number of likely N-dealkylation sites (tertiary alicyclic amines) is 1. The molecule has 1 saturated carbocycles. The molecule has 5 nitrogen and oxygen atoms in total. The summed E-state index contributed by atoms with van der Waals surface area (Å²) in [6, 6.07) is 0.513. The van der Waals surface area contributed by atoms with Gasteiger partial charge in [0, 0.05) is 18.3 Å². The first kappa shape index (κ1) is 17.2. The summed E-state index contributed by atoms with van der Waals surface area (Å²) in [5.74, 6) is 0. The molecule has 124 valence electrons. The quantitative estimate of drug-likeness (QED) is 0.647. The SMILES string of the molecule is CS(=O)(=O)C1CCCC1NCCCCN1CCCC1CO. The minimum Gasteiger partial charge on any atom is -0.395 e. The molecule has 1 saturated heterocycles. The lowest BCUT2D eigenvalue weighted by Crippen LogP contribution is -2.40. The molecule has 0 radical (unpaired) electrons. The summed E-state index contributed by atoms with van der Waals surface area (Å²) in [7, 11) is -2.92. The lowest BCUT2D eigenvalue weighted by molar-refractivity contribution is 0.157. The van der Waals surface area contributed by atoms with Crippen LogP contribution in [0.3, 0.4) is 0 Å². The second-order valence-electron chi connectivity index (χ2n) is 6.58. The molecule has 1 aliphatic heterocycles. The van der Waals surface area contributed by atoms with Gasteiger partial charge in [0.05, 0.1) is 11.9 Å². The Hall–Kier alpha value is -0.170. The maximum atomic E-state index is 11.7. The van der Waals surface area contributed by atoms with Gasteiger partial charge in [0.15, 0.2) is 9.84 Å². The number of nitrogens with zero attached hydrogens (tertiary/aromatic N) is 1. The molecular weight excluding hydrogens is 288 g/mol. The van der Waals surface area contributed by atoms with Gasteiger partial charge in [0.25, 0.3) is 0 Å². The van der Waals surface area contributed by atoms with Gasteiger partial charge in [-0.25, -0.2) is 8.42 Å². The lowest BCUT2D eigenvalue weighted by Gasteiger charge is -2.23. The van der Waals surface area contributed by atoms with E-state index < -0.39 is 9.84 Å². The fourth-order valence-corrected chi connectivity index (χ4v) is 5.22. The Morgan fingerprint density at radius 3 is 2.71 bits per heavy atom. The van der Waals surface area contributed by atoms with Gasteiger partial charge in [-0.05, 0) is 58.2 Å². The van der Waals surface area contributed by atoms with Crippen LogP contribution >= 0.6 is 0 Å². The smallest absolute Gasteiger partial charge is 0.151 e. The molecule has 21 heavy (non-hydrogen) atoms. The molecule has 0 aromatic rings. The molecule has 3 atom stereocenters. The van der Waals surface area contributed by atoms with Crippen molar-refractivity contribution in [2.45, 2.75) is 62.3 Å². The summed E-state index contributed by atoms with van der Waals surface area (Å²) in [6.07, 6.45) is 8.66. The molecule has 1 heterocycles. The Morgan fingerprint density at radius 1 is 1.19 bits per heavy atom. The summed E-state index contributed by atoms with van der Waals surface area (Å²) in [6.45, 7) is 3.33. The zero-order valence-corrected chi connectivity index (χ0v) is 13.9. The van der Waals surface area contributed by atoms with Crippen molar-refractivity contribution in [1.82, 2.24) is 10.2 Å². The molecule has 1 aliphatic carbocycles. The highest BCUT2D eigenvalue weighted by Gasteiger charge is 2.34. The van der Waals surface area contributed by atoms with Crippen molar-refractivity contribution in [2.75, 3.05) is 32.5 Å². The number of rotatable bonds is 8. The van der Waals surface area contributed by atoms with Crippen LogP contribution < -0.4 is 5.32 Å². The van der Waals surface area contributed by atoms with Crippen molar-refractivity contribution < 1.29 is 13.5 Å². The third-order valence-corrected chi connectivity index (χ3v) is 6.66. The Labute approximate surface area is 129 Å². The van der Waals surface area contributed by atoms with Crippen molar-refractivity contribution in [1.29, 1.82) is 0 Å². The highest BCUT2D eigenvalue weighted by Crippen LogP contribution is 2.25. The predicted molar refractivity (Wildman–Crippen MR) is 85.2 cm³/mol. The van der Waals surface area contributed by atoms with Crippen LogP contribution in [0, 0.1) is 0 Å². The number of sulfone groups is 1. The van der Waals surface area contributed by atoms with Crippen molar-refractivity contribution in [3.8, 4) is 0 Å². The number of hydrogen-bond donors (Lipinski definition) is 2. The fourth-order valence-electron chi connectivity index (χ4n) is 3.80. The number of nitrogens with one attached hydrogen (secondary N) is 1. The van der Waals surface area contributed by atoms with E-state index in [1.807, 2.05) is 0 Å². The molecular formula is C15H30N2O3S. The van der Waals surface area contributed by atoms with E-state index in [-0.39, 0.29) is 17.9 Å². The monoisotopic (exact) mass is 318 g/mol. The standard InChI is InChI=1S/C15H30N2O3S/c1-21(19,20)15-8-4-7-14(15)16-9-2-3-10-17-11-5-6-13(17)12-18/h13-16,18H,2-12H2,1H3. The normalized spacial score (nSPS) is 31.0. The maximum Gasteiger partial charge on any atom is 0.151 e. The molecule has 0 aromatic heterocycles. The van der Waals surface area contributed by atoms with Gasteiger partial charge in [-0.15, -0.1) is 0 Å². The first-order chi connectivity index (χ1) is 10.0. The van der Waals surface area contributed by atoms with Crippen LogP contribution in [0.4, 0.5) is 0 Å². The van der Waals surface area contributed by atoms with Crippen LogP contribution in [-0.2, 0) is 9.84 Å². The van der Waals surface area contributed by atoms with Gasteiger partial charge in [-0.1, -0.05) is 6.42 Å². The van der Waals surface area contributed by atoms with E-state index >= 15 is 0 Å². The van der Waals surface area contributed by atoms with Gasteiger partial charge in [-0.2, -0.15) is 0 Å². The largest absolute Gasteiger partial charge is 0.395 e. The Kier molecular flexibility index (Phi) is 6.47. The van der Waals surface area contributed by atoms with Crippen molar-refractivity contribution in [3.05, 3.63) is 0 Å². The molecule has 0 aromatic carbocycles. The number of aliphatic hydroxyl groups is 1. The number of unbranched alkanes of at least 4 members (excludes halogenated alkanes) is 1. The van der Waals surface area contributed by atoms with E-state index in [2.05, 4.69) is 10.2 Å². The highest BCUT2D eigenvalue weighted by molar-refractivity contribution is 7.91. The topological polar surface area (TPSA) is 69.6 Å².